The lowest BCUT2D eigenvalue weighted by atomic mass is 9.82. The molecule has 1 aliphatic heterocycles. The van der Waals surface area contributed by atoms with Crippen LogP contribution in [-0.2, 0) is 9.59 Å². The third kappa shape index (κ3) is 3.22. The maximum Gasteiger partial charge on any atom is 0.311 e. The molecule has 1 heterocycles. The van der Waals surface area contributed by atoms with E-state index in [9.17, 15) is 14.7 Å². The van der Waals surface area contributed by atoms with Crippen LogP contribution >= 0.6 is 0 Å². The van der Waals surface area contributed by atoms with E-state index in [1.54, 1.807) is 0 Å². The molecule has 2 N–H and O–H groups in total. The quantitative estimate of drug-likeness (QED) is 0.742. The maximum atomic E-state index is 12.0. The molecule has 1 atom stereocenters. The van der Waals surface area contributed by atoms with E-state index in [1.165, 1.54) is 0 Å². The molecule has 1 unspecified atom stereocenters. The van der Waals surface area contributed by atoms with Gasteiger partial charge in [-0.15, -0.1) is 0 Å². The molecule has 0 aliphatic carbocycles. The highest BCUT2D eigenvalue weighted by molar-refractivity contribution is 5.81. The summed E-state index contributed by atoms with van der Waals surface area (Å²) in [7, 11) is 1.99. The minimum Gasteiger partial charge on any atom is -0.481 e. The van der Waals surface area contributed by atoms with Crippen LogP contribution in [0.2, 0.25) is 0 Å². The first kappa shape index (κ1) is 15.0. The molecular formula is C13H24N2O3. The summed E-state index contributed by atoms with van der Waals surface area (Å²) in [6.07, 6.45) is 1.92. The van der Waals surface area contributed by atoms with Gasteiger partial charge in [0.15, 0.2) is 0 Å². The SMILES string of the molecule is CCC(CC)(CNC(=O)C1CCN(C)C1)C(=O)O. The first-order valence-corrected chi connectivity index (χ1v) is 6.65. The summed E-state index contributed by atoms with van der Waals surface area (Å²) in [5.41, 5.74) is -0.819. The predicted octanol–water partition coefficient (Wildman–Crippen LogP) is 0.945. The zero-order valence-electron chi connectivity index (χ0n) is 11.5. The fraction of sp³-hybridized carbons (Fsp3) is 0.846. The number of carbonyl (C=O) groups is 2. The Morgan fingerprint density at radius 1 is 1.39 bits per heavy atom. The van der Waals surface area contributed by atoms with Crippen molar-refractivity contribution in [2.24, 2.45) is 11.3 Å². The highest BCUT2D eigenvalue weighted by atomic mass is 16.4. The van der Waals surface area contributed by atoms with Gasteiger partial charge in [0.2, 0.25) is 5.91 Å². The van der Waals surface area contributed by atoms with E-state index in [1.807, 2.05) is 20.9 Å². The Bertz CT molecular complexity index is 313. The molecule has 0 aromatic rings. The Hall–Kier alpha value is -1.10. The standard InChI is InChI=1S/C13H24N2O3/c1-4-13(5-2,12(17)18)9-14-11(16)10-6-7-15(3)8-10/h10H,4-9H2,1-3H3,(H,14,16)(H,17,18). The lowest BCUT2D eigenvalue weighted by molar-refractivity contribution is -0.149. The van der Waals surface area contributed by atoms with E-state index < -0.39 is 11.4 Å². The number of carboxylic acid groups (broad SMARTS) is 1. The van der Waals surface area contributed by atoms with Gasteiger partial charge in [-0.3, -0.25) is 9.59 Å². The summed E-state index contributed by atoms with van der Waals surface area (Å²) < 4.78 is 0. The van der Waals surface area contributed by atoms with E-state index in [2.05, 4.69) is 10.2 Å². The van der Waals surface area contributed by atoms with Crippen molar-refractivity contribution in [2.75, 3.05) is 26.7 Å². The Labute approximate surface area is 109 Å². The fourth-order valence-electron chi connectivity index (χ4n) is 2.43. The summed E-state index contributed by atoms with van der Waals surface area (Å²) in [5.74, 6) is -0.821. The number of carbonyl (C=O) groups excluding carboxylic acids is 1. The van der Waals surface area contributed by atoms with Crippen molar-refractivity contribution in [1.82, 2.24) is 10.2 Å². The van der Waals surface area contributed by atoms with Gasteiger partial charge in [0.25, 0.3) is 0 Å². The van der Waals surface area contributed by atoms with Crippen LogP contribution < -0.4 is 5.32 Å². The fourth-order valence-corrected chi connectivity index (χ4v) is 2.43. The van der Waals surface area contributed by atoms with Crippen molar-refractivity contribution in [1.29, 1.82) is 0 Å². The normalized spacial score (nSPS) is 20.9. The molecule has 0 aromatic carbocycles. The van der Waals surface area contributed by atoms with Crippen LogP contribution in [0.1, 0.15) is 33.1 Å². The second-order valence-corrected chi connectivity index (χ2v) is 5.26. The van der Waals surface area contributed by atoms with Gasteiger partial charge in [-0.25, -0.2) is 0 Å². The molecule has 0 saturated carbocycles. The molecule has 0 spiro atoms. The second-order valence-electron chi connectivity index (χ2n) is 5.26. The highest BCUT2D eigenvalue weighted by Gasteiger charge is 2.36. The van der Waals surface area contributed by atoms with Gasteiger partial charge in [0.1, 0.15) is 0 Å². The molecule has 0 bridgehead atoms. The van der Waals surface area contributed by atoms with Crippen molar-refractivity contribution in [3.05, 3.63) is 0 Å². The Morgan fingerprint density at radius 3 is 2.39 bits per heavy atom. The van der Waals surface area contributed by atoms with Crippen molar-refractivity contribution in [3.63, 3.8) is 0 Å². The number of amides is 1. The number of hydrogen-bond acceptors (Lipinski definition) is 3. The largest absolute Gasteiger partial charge is 0.481 e. The topological polar surface area (TPSA) is 69.6 Å². The van der Waals surface area contributed by atoms with Gasteiger partial charge in [0.05, 0.1) is 11.3 Å². The van der Waals surface area contributed by atoms with Gasteiger partial charge in [0, 0.05) is 13.1 Å². The van der Waals surface area contributed by atoms with Crippen LogP contribution in [0.4, 0.5) is 0 Å². The van der Waals surface area contributed by atoms with Gasteiger partial charge >= 0.3 is 5.97 Å². The number of rotatable bonds is 6. The van der Waals surface area contributed by atoms with Crippen molar-refractivity contribution in [2.45, 2.75) is 33.1 Å². The molecule has 1 fully saturated rings. The first-order chi connectivity index (χ1) is 8.45. The summed E-state index contributed by atoms with van der Waals surface area (Å²) in [4.78, 5) is 25.4. The smallest absolute Gasteiger partial charge is 0.311 e. The average Bonchev–Trinajstić information content (AvgIpc) is 2.77. The zero-order valence-corrected chi connectivity index (χ0v) is 11.5. The lowest BCUT2D eigenvalue weighted by Gasteiger charge is -2.27. The molecule has 1 aliphatic rings. The summed E-state index contributed by atoms with van der Waals surface area (Å²) in [6.45, 7) is 5.64. The third-order valence-electron chi connectivity index (χ3n) is 4.17. The van der Waals surface area contributed by atoms with E-state index >= 15 is 0 Å². The minimum atomic E-state index is -0.823. The van der Waals surface area contributed by atoms with E-state index in [4.69, 9.17) is 0 Å². The number of likely N-dealkylation sites (tertiary alicyclic amines) is 1. The Balaban J connectivity index is 2.52. The molecule has 0 radical (unpaired) electrons. The maximum absolute atomic E-state index is 12.0. The summed E-state index contributed by atoms with van der Waals surface area (Å²) in [5, 5.41) is 12.1. The van der Waals surface area contributed by atoms with E-state index in [0.29, 0.717) is 12.8 Å². The van der Waals surface area contributed by atoms with Gasteiger partial charge < -0.3 is 15.3 Å². The molecule has 1 saturated heterocycles. The molecular weight excluding hydrogens is 232 g/mol. The molecule has 1 amide bonds. The van der Waals surface area contributed by atoms with Gasteiger partial charge in [-0.05, 0) is 32.9 Å². The zero-order chi connectivity index (χ0) is 13.8. The molecule has 18 heavy (non-hydrogen) atoms. The number of hydrogen-bond donors (Lipinski definition) is 2. The monoisotopic (exact) mass is 256 g/mol. The molecule has 1 rings (SSSR count). The first-order valence-electron chi connectivity index (χ1n) is 6.65. The molecule has 5 nitrogen and oxygen atoms in total. The van der Waals surface area contributed by atoms with Gasteiger partial charge in [-0.2, -0.15) is 0 Å². The summed E-state index contributed by atoms with van der Waals surface area (Å²) >= 11 is 0. The number of nitrogens with zero attached hydrogens (tertiary/aromatic N) is 1. The summed E-state index contributed by atoms with van der Waals surface area (Å²) in [6, 6.07) is 0. The van der Waals surface area contributed by atoms with Gasteiger partial charge in [-0.1, -0.05) is 13.8 Å². The van der Waals surface area contributed by atoms with Crippen LogP contribution in [0.5, 0.6) is 0 Å². The highest BCUT2D eigenvalue weighted by Crippen LogP contribution is 2.26. The van der Waals surface area contributed by atoms with E-state index in [0.717, 1.165) is 19.5 Å². The minimum absolute atomic E-state index is 0.00752. The van der Waals surface area contributed by atoms with Crippen molar-refractivity contribution >= 4 is 11.9 Å². The molecule has 104 valence electrons. The Kier molecular flexibility index (Phi) is 5.14. The second kappa shape index (κ2) is 6.18. The average molecular weight is 256 g/mol. The van der Waals surface area contributed by atoms with Crippen LogP contribution in [0.15, 0.2) is 0 Å². The van der Waals surface area contributed by atoms with Crippen LogP contribution in [-0.4, -0.2) is 48.6 Å². The van der Waals surface area contributed by atoms with E-state index in [-0.39, 0.29) is 18.4 Å². The Morgan fingerprint density at radius 2 is 2.00 bits per heavy atom. The van der Waals surface area contributed by atoms with Crippen molar-refractivity contribution in [3.8, 4) is 0 Å². The number of carboxylic acids is 1. The van der Waals surface area contributed by atoms with Crippen LogP contribution in [0.3, 0.4) is 0 Å². The van der Waals surface area contributed by atoms with Crippen LogP contribution in [0.25, 0.3) is 0 Å². The molecule has 0 aromatic heterocycles. The number of nitrogens with one attached hydrogen (secondary N) is 1. The molecule has 5 heteroatoms. The third-order valence-corrected chi connectivity index (χ3v) is 4.17. The lowest BCUT2D eigenvalue weighted by Crippen LogP contribution is -2.44. The predicted molar refractivity (Wildman–Crippen MR) is 69.3 cm³/mol. The number of aliphatic carboxylic acids is 1. The van der Waals surface area contributed by atoms with Crippen LogP contribution in [0, 0.1) is 11.3 Å². The van der Waals surface area contributed by atoms with Crippen molar-refractivity contribution < 1.29 is 14.7 Å².